The second-order valence-corrected chi connectivity index (χ2v) is 8.69. The number of carbonyl (C=O) groups excluding carboxylic acids is 2. The van der Waals surface area contributed by atoms with Crippen LogP contribution in [0.1, 0.15) is 24.8 Å². The van der Waals surface area contributed by atoms with Crippen LogP contribution >= 0.6 is 11.6 Å². The van der Waals surface area contributed by atoms with Crippen molar-refractivity contribution in [2.24, 2.45) is 17.3 Å². The largest absolute Gasteiger partial charge is 0.356 e. The number of carbonyl (C=O) groups is 2. The van der Waals surface area contributed by atoms with Crippen LogP contribution in [0.25, 0.3) is 0 Å². The molecular formula is C20H26ClN3O2. The van der Waals surface area contributed by atoms with E-state index < -0.39 is 0 Å². The molecular weight excluding hydrogens is 350 g/mol. The number of nitrogens with one attached hydrogen (secondary N) is 2. The smallest absolute Gasteiger partial charge is 0.231 e. The first kappa shape index (κ1) is 17.8. The number of fused-ring (bicyclic) bond motifs is 1. The summed E-state index contributed by atoms with van der Waals surface area (Å²) in [6, 6.07) is 8.04. The molecule has 3 atom stereocenters. The minimum Gasteiger partial charge on any atom is -0.356 e. The number of piperidine rings is 1. The van der Waals surface area contributed by atoms with Crippen LogP contribution in [0.5, 0.6) is 0 Å². The fraction of sp³-hybridized carbons (Fsp3) is 0.600. The van der Waals surface area contributed by atoms with Gasteiger partial charge in [0.1, 0.15) is 0 Å². The summed E-state index contributed by atoms with van der Waals surface area (Å²) in [5.74, 6) is 1.33. The molecule has 2 N–H and O–H groups in total. The van der Waals surface area contributed by atoms with Crippen molar-refractivity contribution in [1.29, 1.82) is 0 Å². The molecule has 3 aliphatic rings. The van der Waals surface area contributed by atoms with Crippen LogP contribution in [0.3, 0.4) is 0 Å². The Hall–Kier alpha value is -1.59. The third kappa shape index (κ3) is 3.23. The first-order valence-corrected chi connectivity index (χ1v) is 9.84. The zero-order chi connectivity index (χ0) is 18.3. The van der Waals surface area contributed by atoms with E-state index in [1.807, 2.05) is 36.2 Å². The summed E-state index contributed by atoms with van der Waals surface area (Å²) < 4.78 is 0. The Balaban J connectivity index is 1.45. The summed E-state index contributed by atoms with van der Waals surface area (Å²) in [6.45, 7) is 2.20. The molecule has 140 valence electrons. The van der Waals surface area contributed by atoms with Crippen molar-refractivity contribution in [3.05, 3.63) is 34.9 Å². The summed E-state index contributed by atoms with van der Waals surface area (Å²) in [5, 5.41) is 6.97. The molecule has 4 rings (SSSR count). The van der Waals surface area contributed by atoms with Gasteiger partial charge in [0, 0.05) is 44.2 Å². The maximum Gasteiger partial charge on any atom is 0.231 e. The average Bonchev–Trinajstić information content (AvgIpc) is 3.01. The molecule has 0 unspecified atom stereocenters. The maximum absolute atomic E-state index is 13.4. The lowest BCUT2D eigenvalue weighted by atomic mass is 9.75. The Labute approximate surface area is 159 Å². The summed E-state index contributed by atoms with van der Waals surface area (Å²) in [7, 11) is 1.95. The van der Waals surface area contributed by atoms with Gasteiger partial charge >= 0.3 is 0 Å². The van der Waals surface area contributed by atoms with E-state index in [2.05, 4.69) is 10.6 Å². The maximum atomic E-state index is 13.4. The summed E-state index contributed by atoms with van der Waals surface area (Å²) in [4.78, 5) is 27.0. The fourth-order valence-corrected chi connectivity index (χ4v) is 4.99. The molecule has 0 spiro atoms. The number of benzene rings is 1. The van der Waals surface area contributed by atoms with Crippen LogP contribution in [0.4, 0.5) is 0 Å². The lowest BCUT2D eigenvalue weighted by Crippen LogP contribution is -2.63. The molecule has 0 radical (unpaired) electrons. The number of rotatable bonds is 4. The lowest BCUT2D eigenvalue weighted by Gasteiger charge is -2.45. The van der Waals surface area contributed by atoms with Gasteiger partial charge in [-0.05, 0) is 48.8 Å². The first-order chi connectivity index (χ1) is 12.5. The molecule has 1 aromatic carbocycles. The number of nitrogens with zero attached hydrogens (tertiary/aromatic N) is 1. The molecule has 3 fully saturated rings. The van der Waals surface area contributed by atoms with Gasteiger partial charge in [-0.15, -0.1) is 0 Å². The van der Waals surface area contributed by atoms with Crippen molar-refractivity contribution in [3.8, 4) is 0 Å². The highest BCUT2D eigenvalue weighted by Gasteiger charge is 2.49. The van der Waals surface area contributed by atoms with E-state index in [0.29, 0.717) is 18.3 Å². The van der Waals surface area contributed by atoms with Crippen LogP contribution in [-0.4, -0.2) is 49.4 Å². The van der Waals surface area contributed by atoms with Crippen molar-refractivity contribution >= 4 is 23.4 Å². The van der Waals surface area contributed by atoms with Gasteiger partial charge in [-0.1, -0.05) is 23.7 Å². The summed E-state index contributed by atoms with van der Waals surface area (Å²) in [5.41, 5.74) is 0.789. The standard InChI is InChI=1S/C20H26ClN3O2/c1-24(17-6-14-8-18(25)23-10-15(14)7-17)19(26)20(11-22-12-20)9-13-2-4-16(21)5-3-13/h2-5,14-15,17,22H,6-12H2,1H3,(H,23,25)/t14-,15+,17-/m0/s1. The van der Waals surface area contributed by atoms with Gasteiger partial charge in [-0.3, -0.25) is 9.59 Å². The summed E-state index contributed by atoms with van der Waals surface area (Å²) in [6.07, 6.45) is 3.29. The Bertz CT molecular complexity index is 702. The predicted molar refractivity (Wildman–Crippen MR) is 101 cm³/mol. The second kappa shape index (κ2) is 6.86. The molecule has 0 aromatic heterocycles. The van der Waals surface area contributed by atoms with Crippen LogP contribution in [0.2, 0.25) is 5.02 Å². The highest BCUT2D eigenvalue weighted by molar-refractivity contribution is 6.30. The minimum absolute atomic E-state index is 0.156. The lowest BCUT2D eigenvalue weighted by molar-refractivity contribution is -0.146. The third-order valence-corrected chi connectivity index (χ3v) is 6.78. The van der Waals surface area contributed by atoms with Crippen LogP contribution in [0.15, 0.2) is 24.3 Å². The number of hydrogen-bond acceptors (Lipinski definition) is 3. The van der Waals surface area contributed by atoms with E-state index in [0.717, 1.165) is 49.5 Å². The normalized spacial score (nSPS) is 29.5. The number of halogens is 1. The van der Waals surface area contributed by atoms with E-state index in [9.17, 15) is 9.59 Å². The Kier molecular flexibility index (Phi) is 4.70. The molecule has 1 aliphatic carbocycles. The molecule has 1 saturated carbocycles. The molecule has 1 aromatic rings. The zero-order valence-electron chi connectivity index (χ0n) is 15.1. The van der Waals surface area contributed by atoms with Crippen LogP contribution in [0, 0.1) is 17.3 Å². The van der Waals surface area contributed by atoms with Gasteiger partial charge in [-0.2, -0.15) is 0 Å². The topological polar surface area (TPSA) is 61.4 Å². The van der Waals surface area contributed by atoms with E-state index >= 15 is 0 Å². The monoisotopic (exact) mass is 375 g/mol. The van der Waals surface area contributed by atoms with Gasteiger partial charge in [-0.25, -0.2) is 0 Å². The van der Waals surface area contributed by atoms with Crippen molar-refractivity contribution in [3.63, 3.8) is 0 Å². The predicted octanol–water partition coefficient (Wildman–Crippen LogP) is 1.85. The molecule has 6 heteroatoms. The number of hydrogen-bond donors (Lipinski definition) is 2. The Morgan fingerprint density at radius 1 is 1.23 bits per heavy atom. The van der Waals surface area contributed by atoms with Gasteiger partial charge in [0.15, 0.2) is 0 Å². The van der Waals surface area contributed by atoms with Crippen molar-refractivity contribution in [2.45, 2.75) is 31.7 Å². The van der Waals surface area contributed by atoms with Crippen LogP contribution < -0.4 is 10.6 Å². The Morgan fingerprint density at radius 2 is 1.92 bits per heavy atom. The SMILES string of the molecule is CN(C(=O)C1(Cc2ccc(Cl)cc2)CNC1)[C@H]1C[C@H]2CC(=O)NC[C@H]2C1. The molecule has 2 aliphatic heterocycles. The highest BCUT2D eigenvalue weighted by Crippen LogP contribution is 2.40. The van der Waals surface area contributed by atoms with E-state index in [-0.39, 0.29) is 23.3 Å². The zero-order valence-corrected chi connectivity index (χ0v) is 15.9. The van der Waals surface area contributed by atoms with E-state index in [1.54, 1.807) is 0 Å². The van der Waals surface area contributed by atoms with E-state index in [4.69, 9.17) is 11.6 Å². The van der Waals surface area contributed by atoms with Gasteiger partial charge in [0.05, 0.1) is 5.41 Å². The third-order valence-electron chi connectivity index (χ3n) is 6.53. The van der Waals surface area contributed by atoms with Gasteiger partial charge in [0.25, 0.3) is 0 Å². The summed E-state index contributed by atoms with van der Waals surface area (Å²) >= 11 is 5.98. The first-order valence-electron chi connectivity index (χ1n) is 9.46. The van der Waals surface area contributed by atoms with Gasteiger partial charge < -0.3 is 15.5 Å². The quantitative estimate of drug-likeness (QED) is 0.844. The van der Waals surface area contributed by atoms with Crippen molar-refractivity contribution in [2.75, 3.05) is 26.7 Å². The molecule has 5 nitrogen and oxygen atoms in total. The molecule has 26 heavy (non-hydrogen) atoms. The molecule has 2 heterocycles. The van der Waals surface area contributed by atoms with Gasteiger partial charge in [0.2, 0.25) is 11.8 Å². The molecule has 2 saturated heterocycles. The highest BCUT2D eigenvalue weighted by atomic mass is 35.5. The second-order valence-electron chi connectivity index (χ2n) is 8.26. The number of amides is 2. The van der Waals surface area contributed by atoms with Crippen LogP contribution in [-0.2, 0) is 16.0 Å². The minimum atomic E-state index is -0.357. The van der Waals surface area contributed by atoms with Crippen molar-refractivity contribution < 1.29 is 9.59 Å². The van der Waals surface area contributed by atoms with E-state index in [1.165, 1.54) is 0 Å². The average molecular weight is 376 g/mol. The Morgan fingerprint density at radius 3 is 2.58 bits per heavy atom. The fourth-order valence-electron chi connectivity index (χ4n) is 4.86. The molecule has 2 amide bonds. The van der Waals surface area contributed by atoms with Crippen molar-refractivity contribution in [1.82, 2.24) is 15.5 Å². The molecule has 0 bridgehead atoms.